The van der Waals surface area contributed by atoms with Crippen LogP contribution in [0.4, 0.5) is 0 Å². The Morgan fingerprint density at radius 3 is 2.03 bits per heavy atom. The Hall–Kier alpha value is -3.71. The minimum absolute atomic E-state index is 0.158. The number of amides is 2. The van der Waals surface area contributed by atoms with Crippen molar-refractivity contribution in [3.05, 3.63) is 95.6 Å². The van der Waals surface area contributed by atoms with E-state index in [2.05, 4.69) is 10.2 Å². The summed E-state index contributed by atoms with van der Waals surface area (Å²) >= 11 is 1.31. The van der Waals surface area contributed by atoms with E-state index >= 15 is 0 Å². The summed E-state index contributed by atoms with van der Waals surface area (Å²) in [5, 5.41) is 9.40. The lowest BCUT2D eigenvalue weighted by Gasteiger charge is -2.14. The first-order valence-electron chi connectivity index (χ1n) is 9.79. The number of aryl methyl sites for hydroxylation is 1. The van der Waals surface area contributed by atoms with E-state index in [4.69, 9.17) is 0 Å². The van der Waals surface area contributed by atoms with Crippen molar-refractivity contribution in [3.63, 3.8) is 0 Å². The number of hydrogen-bond donors (Lipinski definition) is 0. The van der Waals surface area contributed by atoms with Crippen molar-refractivity contribution in [2.45, 2.75) is 12.1 Å². The maximum atomic E-state index is 12.7. The van der Waals surface area contributed by atoms with Gasteiger partial charge in [-0.25, -0.2) is 0 Å². The molecule has 7 heteroatoms. The molecule has 0 fully saturated rings. The Morgan fingerprint density at radius 2 is 1.39 bits per heavy atom. The fourth-order valence-corrected chi connectivity index (χ4v) is 4.44. The Morgan fingerprint density at radius 1 is 0.774 bits per heavy atom. The third kappa shape index (κ3) is 3.43. The van der Waals surface area contributed by atoms with Gasteiger partial charge in [0.1, 0.15) is 0 Å². The van der Waals surface area contributed by atoms with E-state index < -0.39 is 0 Å². The second-order valence-corrected chi connectivity index (χ2v) is 8.11. The van der Waals surface area contributed by atoms with Gasteiger partial charge in [0, 0.05) is 11.3 Å². The highest BCUT2D eigenvalue weighted by Crippen LogP contribution is 2.31. The van der Waals surface area contributed by atoms with Gasteiger partial charge in [0.15, 0.2) is 11.0 Å². The van der Waals surface area contributed by atoms with E-state index in [-0.39, 0.29) is 17.7 Å². The average Bonchev–Trinajstić information content (AvgIpc) is 3.33. The highest BCUT2D eigenvalue weighted by Gasteiger charge is 2.35. The van der Waals surface area contributed by atoms with Crippen molar-refractivity contribution < 1.29 is 9.59 Å². The summed E-state index contributed by atoms with van der Waals surface area (Å²) in [5.74, 6) is 0.301. The molecular formula is C24H18N4O2S. The Kier molecular flexibility index (Phi) is 4.88. The Labute approximate surface area is 183 Å². The minimum atomic E-state index is -0.280. The number of aromatic nitrogens is 3. The molecule has 1 aromatic heterocycles. The molecule has 0 spiro atoms. The standard InChI is InChI=1S/C24H18N4O2S/c1-16-11-13-18(14-12-16)28-21(17-7-3-2-4-8-17)25-26-24(28)31-15-27-22(29)19-9-5-6-10-20(19)23(27)30/h2-14H,15H2,1H3. The quantitative estimate of drug-likeness (QED) is 0.345. The molecule has 0 saturated heterocycles. The zero-order valence-electron chi connectivity index (χ0n) is 16.7. The molecule has 152 valence electrons. The molecule has 1 aliphatic heterocycles. The molecule has 0 N–H and O–H groups in total. The number of carbonyl (C=O) groups excluding carboxylic acids is 2. The van der Waals surface area contributed by atoms with Crippen molar-refractivity contribution in [2.75, 3.05) is 5.88 Å². The van der Waals surface area contributed by atoms with Crippen molar-refractivity contribution in [2.24, 2.45) is 0 Å². The zero-order chi connectivity index (χ0) is 21.4. The molecule has 31 heavy (non-hydrogen) atoms. The molecule has 6 nitrogen and oxygen atoms in total. The highest BCUT2D eigenvalue weighted by molar-refractivity contribution is 7.99. The first-order valence-corrected chi connectivity index (χ1v) is 10.8. The zero-order valence-corrected chi connectivity index (χ0v) is 17.5. The number of fused-ring (bicyclic) bond motifs is 1. The van der Waals surface area contributed by atoms with Crippen molar-refractivity contribution in [3.8, 4) is 17.1 Å². The predicted octanol–water partition coefficient (Wildman–Crippen LogP) is 4.59. The fraction of sp³-hybridized carbons (Fsp3) is 0.0833. The van der Waals surface area contributed by atoms with Gasteiger partial charge in [0.25, 0.3) is 11.8 Å². The molecule has 2 amide bonds. The summed E-state index contributed by atoms with van der Waals surface area (Å²) in [7, 11) is 0. The van der Waals surface area contributed by atoms with Gasteiger partial charge in [0.05, 0.1) is 17.0 Å². The molecular weight excluding hydrogens is 408 g/mol. The van der Waals surface area contributed by atoms with Crippen LogP contribution < -0.4 is 0 Å². The van der Waals surface area contributed by atoms with E-state index in [0.29, 0.717) is 22.1 Å². The third-order valence-corrected chi connectivity index (χ3v) is 6.07. The van der Waals surface area contributed by atoms with Crippen molar-refractivity contribution >= 4 is 23.6 Å². The Balaban J connectivity index is 1.49. The van der Waals surface area contributed by atoms with Gasteiger partial charge in [0.2, 0.25) is 0 Å². The summed E-state index contributed by atoms with van der Waals surface area (Å²) in [6.45, 7) is 2.03. The van der Waals surface area contributed by atoms with Crippen LogP contribution in [0.25, 0.3) is 17.1 Å². The predicted molar refractivity (Wildman–Crippen MR) is 119 cm³/mol. The van der Waals surface area contributed by atoms with Gasteiger partial charge in [-0.2, -0.15) is 0 Å². The van der Waals surface area contributed by atoms with Crippen LogP contribution in [0, 0.1) is 6.92 Å². The smallest absolute Gasteiger partial charge is 0.262 e. The first kappa shape index (κ1) is 19.3. The normalized spacial score (nSPS) is 13.0. The van der Waals surface area contributed by atoms with Crippen LogP contribution in [-0.4, -0.2) is 37.4 Å². The van der Waals surface area contributed by atoms with E-state index in [0.717, 1.165) is 16.8 Å². The number of imide groups is 1. The second-order valence-electron chi connectivity index (χ2n) is 7.20. The monoisotopic (exact) mass is 426 g/mol. The molecule has 5 rings (SSSR count). The maximum absolute atomic E-state index is 12.7. The lowest BCUT2D eigenvalue weighted by Crippen LogP contribution is -2.29. The molecule has 3 aromatic carbocycles. The second kappa shape index (κ2) is 7.85. The van der Waals surface area contributed by atoms with Crippen LogP contribution in [0.15, 0.2) is 84.0 Å². The highest BCUT2D eigenvalue weighted by atomic mass is 32.2. The van der Waals surface area contributed by atoms with E-state index in [9.17, 15) is 9.59 Å². The van der Waals surface area contributed by atoms with Gasteiger partial charge in [-0.05, 0) is 31.2 Å². The van der Waals surface area contributed by atoms with Crippen molar-refractivity contribution in [1.29, 1.82) is 0 Å². The third-order valence-electron chi connectivity index (χ3n) is 5.16. The molecule has 2 heterocycles. The van der Waals surface area contributed by atoms with Gasteiger partial charge < -0.3 is 0 Å². The molecule has 0 radical (unpaired) electrons. The summed E-state index contributed by atoms with van der Waals surface area (Å²) in [6.07, 6.45) is 0. The van der Waals surface area contributed by atoms with Crippen LogP contribution in [0.3, 0.4) is 0 Å². The maximum Gasteiger partial charge on any atom is 0.262 e. The number of rotatable bonds is 5. The van der Waals surface area contributed by atoms with Gasteiger partial charge in [-0.1, -0.05) is 71.9 Å². The summed E-state index contributed by atoms with van der Waals surface area (Å²) < 4.78 is 1.96. The number of benzene rings is 3. The topological polar surface area (TPSA) is 68.1 Å². The van der Waals surface area contributed by atoms with Crippen LogP contribution in [0.2, 0.25) is 0 Å². The van der Waals surface area contributed by atoms with Gasteiger partial charge >= 0.3 is 0 Å². The minimum Gasteiger partial charge on any atom is -0.270 e. The number of nitrogens with zero attached hydrogens (tertiary/aromatic N) is 4. The van der Waals surface area contributed by atoms with E-state index in [1.165, 1.54) is 16.7 Å². The van der Waals surface area contributed by atoms with Crippen LogP contribution in [0.5, 0.6) is 0 Å². The van der Waals surface area contributed by atoms with Crippen LogP contribution >= 0.6 is 11.8 Å². The average molecular weight is 427 g/mol. The van der Waals surface area contributed by atoms with Crippen LogP contribution in [-0.2, 0) is 0 Å². The summed E-state index contributed by atoms with van der Waals surface area (Å²) in [5.41, 5.74) is 3.89. The van der Waals surface area contributed by atoms with Crippen LogP contribution in [0.1, 0.15) is 26.3 Å². The van der Waals surface area contributed by atoms with Gasteiger partial charge in [-0.3, -0.25) is 19.1 Å². The van der Waals surface area contributed by atoms with E-state index in [1.54, 1.807) is 24.3 Å². The fourth-order valence-electron chi connectivity index (χ4n) is 3.54. The summed E-state index contributed by atoms with van der Waals surface area (Å²) in [4.78, 5) is 26.6. The molecule has 4 aromatic rings. The lowest BCUT2D eigenvalue weighted by atomic mass is 10.1. The first-order chi connectivity index (χ1) is 15.1. The molecule has 0 saturated carbocycles. The van der Waals surface area contributed by atoms with Crippen molar-refractivity contribution in [1.82, 2.24) is 19.7 Å². The molecule has 0 bridgehead atoms. The molecule has 0 aliphatic carbocycles. The molecule has 0 atom stereocenters. The molecule has 1 aliphatic rings. The Bertz CT molecular complexity index is 1250. The summed E-state index contributed by atoms with van der Waals surface area (Å²) in [6, 6.07) is 24.8. The molecule has 0 unspecified atom stereocenters. The number of hydrogen-bond acceptors (Lipinski definition) is 5. The number of thioether (sulfide) groups is 1. The van der Waals surface area contributed by atoms with E-state index in [1.807, 2.05) is 66.1 Å². The lowest BCUT2D eigenvalue weighted by molar-refractivity contribution is 0.0684. The number of carbonyl (C=O) groups is 2. The largest absolute Gasteiger partial charge is 0.270 e. The van der Waals surface area contributed by atoms with Gasteiger partial charge in [-0.15, -0.1) is 10.2 Å². The SMILES string of the molecule is Cc1ccc(-n2c(SCN3C(=O)c4ccccc4C3=O)nnc2-c2ccccc2)cc1.